The van der Waals surface area contributed by atoms with Gasteiger partial charge in [0.15, 0.2) is 0 Å². The van der Waals surface area contributed by atoms with Crippen molar-refractivity contribution in [1.29, 1.82) is 0 Å². The molecule has 0 radical (unpaired) electrons. The van der Waals surface area contributed by atoms with Crippen molar-refractivity contribution in [2.75, 3.05) is 25.6 Å². The molecular formula is C20H20BrN3O3. The van der Waals surface area contributed by atoms with Crippen LogP contribution < -0.4 is 10.1 Å². The van der Waals surface area contributed by atoms with E-state index in [-0.39, 0.29) is 5.91 Å². The van der Waals surface area contributed by atoms with E-state index in [1.165, 1.54) is 0 Å². The number of amides is 1. The summed E-state index contributed by atoms with van der Waals surface area (Å²) in [7, 11) is 3.49. The number of carbonyl (C=O) groups excluding carboxylic acids is 1. The average Bonchev–Trinajstić information content (AvgIpc) is 3.08. The lowest BCUT2D eigenvalue weighted by molar-refractivity contribution is 0.102. The summed E-state index contributed by atoms with van der Waals surface area (Å²) >= 11 is 3.38. The zero-order valence-corrected chi connectivity index (χ0v) is 16.7. The normalized spacial score (nSPS) is 10.6. The van der Waals surface area contributed by atoms with E-state index in [9.17, 15) is 4.79 Å². The molecule has 1 N–H and O–H groups in total. The van der Waals surface area contributed by atoms with E-state index in [4.69, 9.17) is 9.47 Å². The van der Waals surface area contributed by atoms with Gasteiger partial charge in [-0.25, -0.2) is 0 Å². The maximum Gasteiger partial charge on any atom is 0.255 e. The van der Waals surface area contributed by atoms with Crippen LogP contribution in [0.1, 0.15) is 10.4 Å². The first-order chi connectivity index (χ1) is 13.1. The topological polar surface area (TPSA) is 65.4 Å². The van der Waals surface area contributed by atoms with Crippen molar-refractivity contribution in [3.05, 3.63) is 64.8 Å². The number of benzene rings is 2. The number of hydrogen-bond acceptors (Lipinski definition) is 4. The lowest BCUT2D eigenvalue weighted by atomic mass is 10.1. The highest BCUT2D eigenvalue weighted by molar-refractivity contribution is 9.10. The molecule has 0 unspecified atom stereocenters. The van der Waals surface area contributed by atoms with Gasteiger partial charge in [-0.05, 0) is 42.5 Å². The molecule has 1 heterocycles. The van der Waals surface area contributed by atoms with Crippen molar-refractivity contribution in [2.45, 2.75) is 0 Å². The van der Waals surface area contributed by atoms with Gasteiger partial charge in [-0.2, -0.15) is 5.10 Å². The Morgan fingerprint density at radius 1 is 1.19 bits per heavy atom. The average molecular weight is 430 g/mol. The zero-order valence-electron chi connectivity index (χ0n) is 15.1. The lowest BCUT2D eigenvalue weighted by Gasteiger charge is -2.14. The number of carbonyl (C=O) groups is 1. The molecule has 27 heavy (non-hydrogen) atoms. The standard InChI is InChI=1S/C20H20BrN3O3/c1-24-18(8-9-22-24)17-13-16(6-7-19(17)27-11-10-26-2)23-20(25)14-4-3-5-15(21)12-14/h3-9,12-13H,10-11H2,1-2H3,(H,23,25). The Hall–Kier alpha value is -2.64. The van der Waals surface area contributed by atoms with Gasteiger partial charge in [0.1, 0.15) is 12.4 Å². The third-order valence-corrected chi connectivity index (χ3v) is 4.46. The Labute approximate surface area is 166 Å². The Balaban J connectivity index is 1.88. The van der Waals surface area contributed by atoms with E-state index in [1.807, 2.05) is 43.4 Å². The van der Waals surface area contributed by atoms with Crippen LogP contribution >= 0.6 is 15.9 Å². The predicted octanol–water partition coefficient (Wildman–Crippen LogP) is 4.13. The smallest absolute Gasteiger partial charge is 0.255 e. The van der Waals surface area contributed by atoms with E-state index in [1.54, 1.807) is 30.1 Å². The van der Waals surface area contributed by atoms with Gasteiger partial charge in [0.05, 0.1) is 12.3 Å². The lowest BCUT2D eigenvalue weighted by Crippen LogP contribution is -2.12. The van der Waals surface area contributed by atoms with Gasteiger partial charge in [-0.1, -0.05) is 22.0 Å². The fourth-order valence-corrected chi connectivity index (χ4v) is 3.04. The van der Waals surface area contributed by atoms with Crippen LogP contribution in [0.25, 0.3) is 11.3 Å². The minimum atomic E-state index is -0.180. The summed E-state index contributed by atoms with van der Waals surface area (Å²) in [5.74, 6) is 0.524. The fraction of sp³-hybridized carbons (Fsp3) is 0.200. The summed E-state index contributed by atoms with van der Waals surface area (Å²) in [6.45, 7) is 0.928. The van der Waals surface area contributed by atoms with Crippen LogP contribution in [0.5, 0.6) is 5.75 Å². The van der Waals surface area contributed by atoms with E-state index < -0.39 is 0 Å². The molecule has 140 valence electrons. The van der Waals surface area contributed by atoms with Gasteiger partial charge in [0.25, 0.3) is 5.91 Å². The minimum Gasteiger partial charge on any atom is -0.490 e. The van der Waals surface area contributed by atoms with Crippen LogP contribution in [0.15, 0.2) is 59.2 Å². The maximum absolute atomic E-state index is 12.5. The highest BCUT2D eigenvalue weighted by Gasteiger charge is 2.13. The molecule has 2 aromatic carbocycles. The number of anilines is 1. The summed E-state index contributed by atoms with van der Waals surface area (Å²) in [6, 6.07) is 14.7. The Morgan fingerprint density at radius 3 is 2.74 bits per heavy atom. The van der Waals surface area contributed by atoms with Gasteiger partial charge in [-0.15, -0.1) is 0 Å². The zero-order chi connectivity index (χ0) is 19.2. The molecule has 0 spiro atoms. The molecular weight excluding hydrogens is 410 g/mol. The number of rotatable bonds is 7. The van der Waals surface area contributed by atoms with Crippen LogP contribution in [-0.2, 0) is 11.8 Å². The summed E-state index contributed by atoms with van der Waals surface area (Å²) in [6.07, 6.45) is 1.72. The van der Waals surface area contributed by atoms with Crippen LogP contribution in [0, 0.1) is 0 Å². The van der Waals surface area contributed by atoms with Gasteiger partial charge in [0.2, 0.25) is 0 Å². The van der Waals surface area contributed by atoms with Crippen LogP contribution in [0.3, 0.4) is 0 Å². The third-order valence-electron chi connectivity index (χ3n) is 3.97. The van der Waals surface area contributed by atoms with Crippen molar-refractivity contribution in [2.24, 2.45) is 7.05 Å². The fourth-order valence-electron chi connectivity index (χ4n) is 2.64. The highest BCUT2D eigenvalue weighted by Crippen LogP contribution is 2.32. The minimum absolute atomic E-state index is 0.180. The van der Waals surface area contributed by atoms with E-state index in [0.29, 0.717) is 30.2 Å². The Kier molecular flexibility index (Phi) is 6.26. The maximum atomic E-state index is 12.5. The van der Waals surface area contributed by atoms with Crippen molar-refractivity contribution in [3.8, 4) is 17.0 Å². The number of halogens is 1. The van der Waals surface area contributed by atoms with Crippen molar-refractivity contribution >= 4 is 27.5 Å². The molecule has 0 bridgehead atoms. The van der Waals surface area contributed by atoms with Gasteiger partial charge < -0.3 is 14.8 Å². The largest absolute Gasteiger partial charge is 0.490 e. The SMILES string of the molecule is COCCOc1ccc(NC(=O)c2cccc(Br)c2)cc1-c1ccnn1C. The summed E-state index contributed by atoms with van der Waals surface area (Å²) in [5, 5.41) is 7.15. The molecule has 0 saturated heterocycles. The monoisotopic (exact) mass is 429 g/mol. The molecule has 0 fully saturated rings. The van der Waals surface area contributed by atoms with Crippen molar-refractivity contribution in [1.82, 2.24) is 9.78 Å². The number of nitrogens with zero attached hydrogens (tertiary/aromatic N) is 2. The van der Waals surface area contributed by atoms with Gasteiger partial charge in [0, 0.05) is 41.6 Å². The number of hydrogen-bond donors (Lipinski definition) is 1. The van der Waals surface area contributed by atoms with Crippen LogP contribution in [0.2, 0.25) is 0 Å². The molecule has 0 aliphatic heterocycles. The molecule has 0 atom stereocenters. The second kappa shape index (κ2) is 8.83. The molecule has 7 heteroatoms. The highest BCUT2D eigenvalue weighted by atomic mass is 79.9. The third kappa shape index (κ3) is 4.75. The first-order valence-electron chi connectivity index (χ1n) is 8.39. The molecule has 0 aliphatic carbocycles. The number of methoxy groups -OCH3 is 1. The molecule has 1 aromatic heterocycles. The molecule has 0 saturated carbocycles. The quantitative estimate of drug-likeness (QED) is 0.573. The molecule has 6 nitrogen and oxygen atoms in total. The second-order valence-corrected chi connectivity index (χ2v) is 6.77. The number of ether oxygens (including phenoxy) is 2. The molecule has 3 rings (SSSR count). The predicted molar refractivity (Wildman–Crippen MR) is 108 cm³/mol. The van der Waals surface area contributed by atoms with Crippen LogP contribution in [-0.4, -0.2) is 36.0 Å². The van der Waals surface area contributed by atoms with E-state index in [2.05, 4.69) is 26.3 Å². The molecule has 1 amide bonds. The number of aromatic nitrogens is 2. The summed E-state index contributed by atoms with van der Waals surface area (Å²) in [4.78, 5) is 12.5. The Bertz CT molecular complexity index is 940. The van der Waals surface area contributed by atoms with E-state index in [0.717, 1.165) is 15.7 Å². The molecule has 3 aromatic rings. The molecule has 0 aliphatic rings. The van der Waals surface area contributed by atoms with Gasteiger partial charge in [-0.3, -0.25) is 9.48 Å². The van der Waals surface area contributed by atoms with Crippen molar-refractivity contribution in [3.63, 3.8) is 0 Å². The van der Waals surface area contributed by atoms with Gasteiger partial charge >= 0.3 is 0 Å². The number of nitrogens with one attached hydrogen (secondary N) is 1. The second-order valence-electron chi connectivity index (χ2n) is 5.86. The number of aryl methyl sites for hydroxylation is 1. The van der Waals surface area contributed by atoms with Crippen molar-refractivity contribution < 1.29 is 14.3 Å². The Morgan fingerprint density at radius 2 is 2.04 bits per heavy atom. The summed E-state index contributed by atoms with van der Waals surface area (Å²) in [5.41, 5.74) is 2.99. The van der Waals surface area contributed by atoms with Crippen LogP contribution in [0.4, 0.5) is 5.69 Å². The first-order valence-corrected chi connectivity index (χ1v) is 9.19. The van der Waals surface area contributed by atoms with E-state index >= 15 is 0 Å². The first kappa shape index (κ1) is 19.1. The summed E-state index contributed by atoms with van der Waals surface area (Å²) < 4.78 is 13.5.